The first kappa shape index (κ1) is 22.9. The van der Waals surface area contributed by atoms with E-state index in [9.17, 15) is 9.90 Å². The number of rotatable bonds is 12. The molecule has 116 valence electrons. The van der Waals surface area contributed by atoms with Gasteiger partial charge < -0.3 is 15.3 Å². The van der Waals surface area contributed by atoms with Crippen molar-refractivity contribution in [3.63, 3.8) is 0 Å². The largest absolute Gasteiger partial charge is 1.00 e. The van der Waals surface area contributed by atoms with Gasteiger partial charge in [-0.3, -0.25) is 14.7 Å². The van der Waals surface area contributed by atoms with Crippen LogP contribution in [0.4, 0.5) is 0 Å². The molecule has 0 spiro atoms. The van der Waals surface area contributed by atoms with Gasteiger partial charge >= 0.3 is 35.5 Å². The third kappa shape index (κ3) is 15.8. The van der Waals surface area contributed by atoms with Gasteiger partial charge in [0.2, 0.25) is 0 Å². The first-order valence-electron chi connectivity index (χ1n) is 6.96. The number of unbranched alkanes of at least 4 members (excludes halogenated alkanes) is 2. The van der Waals surface area contributed by atoms with Crippen molar-refractivity contribution in [3.8, 4) is 0 Å². The molecule has 0 saturated carbocycles. The van der Waals surface area contributed by atoms with Crippen LogP contribution >= 0.6 is 0 Å². The predicted octanol–water partition coefficient (Wildman–Crippen LogP) is -2.39. The molecule has 0 aromatic heterocycles. The molecule has 0 atom stereocenters. The second kappa shape index (κ2) is 16.0. The van der Waals surface area contributed by atoms with Crippen molar-refractivity contribution in [1.82, 2.24) is 4.90 Å². The Kier molecular flexibility index (Phi) is 17.4. The molecular weight excluding hydrogens is 283 g/mol. The van der Waals surface area contributed by atoms with E-state index in [1.165, 1.54) is 4.90 Å². The number of aliphatic carboxylic acids is 1. The number of aliphatic imine (C=N–C) groups is 1. The van der Waals surface area contributed by atoms with Crippen molar-refractivity contribution in [2.45, 2.75) is 39.0 Å². The van der Waals surface area contributed by atoms with E-state index in [-0.39, 0.29) is 55.3 Å². The van der Waals surface area contributed by atoms with Crippen molar-refractivity contribution in [2.75, 3.05) is 26.4 Å². The van der Waals surface area contributed by atoms with Gasteiger partial charge in [-0.1, -0.05) is 12.2 Å². The van der Waals surface area contributed by atoms with Crippen molar-refractivity contribution in [3.05, 3.63) is 12.2 Å². The van der Waals surface area contributed by atoms with E-state index in [2.05, 4.69) is 11.1 Å². The SMILES string of the molecule is C/C=C/CCCCC([O-])=NCN(CCCO)CC(=O)O.[Na+]. The number of carboxylic acids is 1. The molecule has 0 unspecified atom stereocenters. The Morgan fingerprint density at radius 1 is 1.33 bits per heavy atom. The number of hydrogen-bond acceptors (Lipinski definition) is 5. The van der Waals surface area contributed by atoms with E-state index in [4.69, 9.17) is 10.2 Å². The Morgan fingerprint density at radius 3 is 2.62 bits per heavy atom. The Labute approximate surface area is 148 Å². The van der Waals surface area contributed by atoms with Crippen molar-refractivity contribution >= 4 is 11.9 Å². The van der Waals surface area contributed by atoms with Crippen LogP contribution < -0.4 is 34.7 Å². The van der Waals surface area contributed by atoms with Gasteiger partial charge in [-0.2, -0.15) is 0 Å². The summed E-state index contributed by atoms with van der Waals surface area (Å²) in [5, 5.41) is 29.0. The minimum atomic E-state index is -0.961. The molecular formula is C14H25N2NaO4. The average molecular weight is 308 g/mol. The van der Waals surface area contributed by atoms with Crippen molar-refractivity contribution < 1.29 is 49.7 Å². The molecule has 0 aromatic carbocycles. The molecule has 7 heteroatoms. The fourth-order valence-corrected chi connectivity index (χ4v) is 1.65. The van der Waals surface area contributed by atoms with E-state index >= 15 is 0 Å². The Balaban J connectivity index is 0. The molecule has 2 N–H and O–H groups in total. The molecule has 0 aliphatic carbocycles. The summed E-state index contributed by atoms with van der Waals surface area (Å²) in [4.78, 5) is 16.1. The standard InChI is InChI=1S/C14H26N2O4.Na/c1-2-3-4-5-6-8-13(18)15-12-16(9-7-10-17)11-14(19)20;/h2-3,17H,4-12H2,1H3,(H,15,18)(H,19,20);/q;+1/p-1/b3-2+;. The monoisotopic (exact) mass is 308 g/mol. The fraction of sp³-hybridized carbons (Fsp3) is 0.714. The molecule has 0 saturated heterocycles. The van der Waals surface area contributed by atoms with Gasteiger partial charge in [-0.05, 0) is 44.9 Å². The molecule has 0 aliphatic heterocycles. The van der Waals surface area contributed by atoms with Crippen LogP contribution in [0.2, 0.25) is 0 Å². The summed E-state index contributed by atoms with van der Waals surface area (Å²) in [5.74, 6) is -1.15. The van der Waals surface area contributed by atoms with Gasteiger partial charge in [-0.25, -0.2) is 0 Å². The molecule has 0 bridgehead atoms. The zero-order valence-corrected chi connectivity index (χ0v) is 15.1. The van der Waals surface area contributed by atoms with E-state index < -0.39 is 5.97 Å². The topological polar surface area (TPSA) is 96.2 Å². The Bertz CT molecular complexity index is 322. The van der Waals surface area contributed by atoms with E-state index in [0.717, 1.165) is 19.3 Å². The summed E-state index contributed by atoms with van der Waals surface area (Å²) in [7, 11) is 0. The third-order valence-electron chi connectivity index (χ3n) is 2.69. The zero-order valence-electron chi connectivity index (χ0n) is 13.1. The average Bonchev–Trinajstić information content (AvgIpc) is 2.41. The minimum Gasteiger partial charge on any atom is -0.862 e. The first-order chi connectivity index (χ1) is 9.60. The number of allylic oxidation sites excluding steroid dienone is 2. The molecule has 21 heavy (non-hydrogen) atoms. The number of aliphatic hydroxyl groups excluding tert-OH is 1. The van der Waals surface area contributed by atoms with Gasteiger partial charge in [0.05, 0.1) is 13.2 Å². The van der Waals surface area contributed by atoms with Crippen LogP contribution in [-0.2, 0) is 4.79 Å². The number of aliphatic hydroxyl groups is 1. The van der Waals surface area contributed by atoms with Crippen LogP contribution in [0.3, 0.4) is 0 Å². The summed E-state index contributed by atoms with van der Waals surface area (Å²) in [6.07, 6.45) is 7.63. The molecule has 0 fully saturated rings. The maximum absolute atomic E-state index is 11.5. The van der Waals surface area contributed by atoms with Crippen LogP contribution in [0, 0.1) is 0 Å². The second-order valence-electron chi connectivity index (χ2n) is 4.53. The second-order valence-corrected chi connectivity index (χ2v) is 4.53. The van der Waals surface area contributed by atoms with Gasteiger partial charge in [0.15, 0.2) is 0 Å². The van der Waals surface area contributed by atoms with Crippen molar-refractivity contribution in [1.29, 1.82) is 0 Å². The summed E-state index contributed by atoms with van der Waals surface area (Å²) in [5.41, 5.74) is 0. The molecule has 6 nitrogen and oxygen atoms in total. The number of carbonyl (C=O) groups is 1. The fourth-order valence-electron chi connectivity index (χ4n) is 1.65. The number of nitrogens with zero attached hydrogens (tertiary/aromatic N) is 2. The van der Waals surface area contributed by atoms with Crippen LogP contribution in [0.1, 0.15) is 39.0 Å². The quantitative estimate of drug-likeness (QED) is 0.138. The number of hydrogen-bond donors (Lipinski definition) is 2. The molecule has 0 amide bonds. The van der Waals surface area contributed by atoms with Crippen LogP contribution in [0.15, 0.2) is 17.1 Å². The van der Waals surface area contributed by atoms with Crippen LogP contribution in [0.5, 0.6) is 0 Å². The minimum absolute atomic E-state index is 0. The molecule has 0 rings (SSSR count). The molecule has 0 aromatic rings. The van der Waals surface area contributed by atoms with Gasteiger partial charge in [0.25, 0.3) is 0 Å². The maximum atomic E-state index is 11.5. The van der Waals surface area contributed by atoms with Crippen LogP contribution in [0.25, 0.3) is 0 Å². The Morgan fingerprint density at radius 2 is 2.05 bits per heavy atom. The number of carboxylic acid groups (broad SMARTS) is 1. The Hall–Kier alpha value is -0.400. The molecule has 0 radical (unpaired) electrons. The van der Waals surface area contributed by atoms with E-state index in [1.807, 2.05) is 13.0 Å². The third-order valence-corrected chi connectivity index (χ3v) is 2.69. The summed E-state index contributed by atoms with van der Waals surface area (Å²) in [6, 6.07) is 0. The smallest absolute Gasteiger partial charge is 0.862 e. The van der Waals surface area contributed by atoms with Gasteiger partial charge in [0, 0.05) is 13.2 Å². The van der Waals surface area contributed by atoms with Gasteiger partial charge in [0.1, 0.15) is 0 Å². The maximum Gasteiger partial charge on any atom is 1.00 e. The summed E-state index contributed by atoms with van der Waals surface area (Å²) >= 11 is 0. The normalized spacial score (nSPS) is 11.9. The predicted molar refractivity (Wildman–Crippen MR) is 76.5 cm³/mol. The molecule has 0 aliphatic rings. The van der Waals surface area contributed by atoms with E-state index in [0.29, 0.717) is 19.4 Å². The molecule has 0 heterocycles. The first-order valence-corrected chi connectivity index (χ1v) is 6.96. The van der Waals surface area contributed by atoms with E-state index in [1.54, 1.807) is 0 Å². The zero-order chi connectivity index (χ0) is 15.2. The van der Waals surface area contributed by atoms with Crippen molar-refractivity contribution in [2.24, 2.45) is 4.99 Å². The summed E-state index contributed by atoms with van der Waals surface area (Å²) in [6.45, 7) is 2.29. The summed E-state index contributed by atoms with van der Waals surface area (Å²) < 4.78 is 0. The van der Waals surface area contributed by atoms with Crippen LogP contribution in [-0.4, -0.2) is 53.3 Å². The van der Waals surface area contributed by atoms with Gasteiger partial charge in [-0.15, -0.1) is 0 Å².